The van der Waals surface area contributed by atoms with Crippen LogP contribution in [0.3, 0.4) is 0 Å². The zero-order valence-corrected chi connectivity index (χ0v) is 19.9. The number of nitrogens with zero attached hydrogens (tertiary/aromatic N) is 1. The van der Waals surface area contributed by atoms with Gasteiger partial charge in [-0.25, -0.2) is 4.79 Å². The van der Waals surface area contributed by atoms with E-state index in [1.165, 1.54) is 7.05 Å². The van der Waals surface area contributed by atoms with E-state index in [4.69, 9.17) is 25.8 Å². The first-order chi connectivity index (χ1) is 16.9. The highest BCUT2D eigenvalue weighted by molar-refractivity contribution is 6.33. The second kappa shape index (κ2) is 13.0. The molecule has 0 saturated heterocycles. The number of ether oxygens (including phenoxy) is 3. The Labute approximate surface area is 208 Å². The smallest absolute Gasteiger partial charge is 0.344 e. The summed E-state index contributed by atoms with van der Waals surface area (Å²) in [4.78, 5) is 37.4. The van der Waals surface area contributed by atoms with Crippen LogP contribution in [0.1, 0.15) is 5.56 Å². The van der Waals surface area contributed by atoms with Crippen LogP contribution in [-0.2, 0) is 25.7 Å². The number of halogens is 1. The van der Waals surface area contributed by atoms with Crippen LogP contribution in [0.25, 0.3) is 0 Å². The summed E-state index contributed by atoms with van der Waals surface area (Å²) >= 11 is 6.00. The van der Waals surface area contributed by atoms with Crippen molar-refractivity contribution in [1.82, 2.24) is 4.90 Å². The number of likely N-dealkylation sites (N-methyl/N-ethyl adjacent to an activating group) is 1. The first-order valence-corrected chi connectivity index (χ1v) is 11.1. The summed E-state index contributed by atoms with van der Waals surface area (Å²) in [5, 5.41) is 3.01. The standard InChI is InChI=1S/C26H25ClN2O6/c1-29(15-24(30)28-23-10-6-5-9-22(23)27)25(31)17-35-26(32)18-34-21-13-11-20(12-14-21)33-16-19-7-3-2-4-8-19/h2-14H,15-18H2,1H3,(H,28,30). The molecule has 0 aliphatic heterocycles. The minimum Gasteiger partial charge on any atom is -0.489 e. The maximum atomic E-state index is 12.2. The average molecular weight is 497 g/mol. The lowest BCUT2D eigenvalue weighted by Gasteiger charge is -2.17. The van der Waals surface area contributed by atoms with Crippen LogP contribution in [0.15, 0.2) is 78.9 Å². The fraction of sp³-hybridized carbons (Fsp3) is 0.192. The van der Waals surface area contributed by atoms with Gasteiger partial charge >= 0.3 is 5.97 Å². The summed E-state index contributed by atoms with van der Waals surface area (Å²) in [6, 6.07) is 23.3. The zero-order chi connectivity index (χ0) is 25.0. The van der Waals surface area contributed by atoms with Crippen molar-refractivity contribution in [2.75, 3.05) is 32.1 Å². The minimum atomic E-state index is -0.711. The fourth-order valence-corrected chi connectivity index (χ4v) is 3.05. The molecular formula is C26H25ClN2O6. The molecule has 35 heavy (non-hydrogen) atoms. The quantitative estimate of drug-likeness (QED) is 0.404. The Kier molecular flexibility index (Phi) is 9.50. The van der Waals surface area contributed by atoms with Crippen LogP contribution in [-0.4, -0.2) is 49.5 Å². The first kappa shape index (κ1) is 25.6. The molecule has 0 unspecified atom stereocenters. The Hall–Kier alpha value is -4.04. The lowest BCUT2D eigenvalue weighted by Crippen LogP contribution is -2.37. The van der Waals surface area contributed by atoms with Gasteiger partial charge in [0.1, 0.15) is 18.1 Å². The number of amides is 2. The molecule has 1 N–H and O–H groups in total. The van der Waals surface area contributed by atoms with Crippen LogP contribution in [0.2, 0.25) is 5.02 Å². The summed E-state index contributed by atoms with van der Waals surface area (Å²) in [5.41, 5.74) is 1.50. The van der Waals surface area contributed by atoms with Gasteiger partial charge in [0.2, 0.25) is 5.91 Å². The van der Waals surface area contributed by atoms with Crippen LogP contribution < -0.4 is 14.8 Å². The number of anilines is 1. The van der Waals surface area contributed by atoms with Gasteiger partial charge in [0.25, 0.3) is 5.91 Å². The van der Waals surface area contributed by atoms with Crippen molar-refractivity contribution in [1.29, 1.82) is 0 Å². The van der Waals surface area contributed by atoms with Crippen molar-refractivity contribution in [3.05, 3.63) is 89.4 Å². The molecule has 182 valence electrons. The summed E-state index contributed by atoms with van der Waals surface area (Å²) in [6.45, 7) is -0.660. The molecule has 0 bridgehead atoms. The van der Waals surface area contributed by atoms with E-state index in [9.17, 15) is 14.4 Å². The van der Waals surface area contributed by atoms with Gasteiger partial charge in [0.05, 0.1) is 17.3 Å². The Bertz CT molecular complexity index is 1140. The molecule has 0 heterocycles. The zero-order valence-electron chi connectivity index (χ0n) is 19.1. The van der Waals surface area contributed by atoms with E-state index >= 15 is 0 Å². The second-order valence-electron chi connectivity index (χ2n) is 7.47. The summed E-state index contributed by atoms with van der Waals surface area (Å²) < 4.78 is 16.0. The molecule has 3 rings (SSSR count). The summed E-state index contributed by atoms with van der Waals surface area (Å²) in [5.74, 6) is -0.561. The number of hydrogen-bond acceptors (Lipinski definition) is 6. The average Bonchev–Trinajstić information content (AvgIpc) is 2.87. The maximum absolute atomic E-state index is 12.2. The van der Waals surface area contributed by atoms with Crippen LogP contribution in [0, 0.1) is 0 Å². The topological polar surface area (TPSA) is 94.2 Å². The molecule has 0 radical (unpaired) electrons. The Morgan fingerprint density at radius 2 is 1.46 bits per heavy atom. The van der Waals surface area contributed by atoms with Gasteiger partial charge in [-0.2, -0.15) is 0 Å². The van der Waals surface area contributed by atoms with Crippen LogP contribution in [0.5, 0.6) is 11.5 Å². The highest BCUT2D eigenvalue weighted by Crippen LogP contribution is 2.20. The third-order valence-electron chi connectivity index (χ3n) is 4.74. The molecule has 0 aliphatic rings. The number of carbonyl (C=O) groups is 3. The molecule has 2 amide bonds. The third-order valence-corrected chi connectivity index (χ3v) is 5.07. The number of nitrogens with one attached hydrogen (secondary N) is 1. The number of carbonyl (C=O) groups excluding carboxylic acids is 3. The van der Waals surface area contributed by atoms with Crippen LogP contribution >= 0.6 is 11.6 Å². The van der Waals surface area contributed by atoms with E-state index in [1.54, 1.807) is 48.5 Å². The number of para-hydroxylation sites is 1. The lowest BCUT2D eigenvalue weighted by atomic mass is 10.2. The minimum absolute atomic E-state index is 0.225. The Balaban J connectivity index is 1.34. The normalized spacial score (nSPS) is 10.2. The van der Waals surface area contributed by atoms with E-state index in [0.717, 1.165) is 10.5 Å². The van der Waals surface area contributed by atoms with E-state index in [2.05, 4.69) is 5.32 Å². The predicted molar refractivity (Wildman–Crippen MR) is 131 cm³/mol. The van der Waals surface area contributed by atoms with Gasteiger partial charge < -0.3 is 24.4 Å². The number of hydrogen-bond donors (Lipinski definition) is 1. The van der Waals surface area contributed by atoms with Crippen molar-refractivity contribution in [3.63, 3.8) is 0 Å². The van der Waals surface area contributed by atoms with Crippen LogP contribution in [0.4, 0.5) is 5.69 Å². The Morgan fingerprint density at radius 1 is 0.829 bits per heavy atom. The number of esters is 1. The molecule has 0 spiro atoms. The van der Waals surface area contributed by atoms with Gasteiger partial charge in [-0.15, -0.1) is 0 Å². The van der Waals surface area contributed by atoms with Gasteiger partial charge in [-0.3, -0.25) is 9.59 Å². The Morgan fingerprint density at radius 3 is 2.14 bits per heavy atom. The molecule has 8 nitrogen and oxygen atoms in total. The summed E-state index contributed by atoms with van der Waals surface area (Å²) in [6.07, 6.45) is 0. The largest absolute Gasteiger partial charge is 0.489 e. The van der Waals surface area contributed by atoms with E-state index in [1.807, 2.05) is 30.3 Å². The molecular weight excluding hydrogens is 472 g/mol. The van der Waals surface area contributed by atoms with Crippen molar-refractivity contribution >= 4 is 35.1 Å². The van der Waals surface area contributed by atoms with Crippen molar-refractivity contribution in [3.8, 4) is 11.5 Å². The second-order valence-corrected chi connectivity index (χ2v) is 7.88. The molecule has 3 aromatic carbocycles. The molecule has 0 aromatic heterocycles. The van der Waals surface area contributed by atoms with Gasteiger partial charge in [-0.1, -0.05) is 54.1 Å². The highest BCUT2D eigenvalue weighted by Gasteiger charge is 2.16. The van der Waals surface area contributed by atoms with E-state index < -0.39 is 24.4 Å². The molecule has 3 aromatic rings. The molecule has 0 saturated carbocycles. The molecule has 9 heteroatoms. The highest BCUT2D eigenvalue weighted by atomic mass is 35.5. The predicted octanol–water partition coefficient (Wildman–Crippen LogP) is 3.94. The SMILES string of the molecule is CN(CC(=O)Nc1ccccc1Cl)C(=O)COC(=O)COc1ccc(OCc2ccccc2)cc1. The van der Waals surface area contributed by atoms with Crippen molar-refractivity contribution < 1.29 is 28.6 Å². The fourth-order valence-electron chi connectivity index (χ4n) is 2.87. The van der Waals surface area contributed by atoms with E-state index in [-0.39, 0.29) is 13.2 Å². The van der Waals surface area contributed by atoms with E-state index in [0.29, 0.717) is 28.8 Å². The monoisotopic (exact) mass is 496 g/mol. The maximum Gasteiger partial charge on any atom is 0.344 e. The number of benzene rings is 3. The molecule has 0 atom stereocenters. The lowest BCUT2D eigenvalue weighted by molar-refractivity contribution is -0.153. The third kappa shape index (κ3) is 8.68. The molecule has 0 fully saturated rings. The van der Waals surface area contributed by atoms with Gasteiger partial charge in [0, 0.05) is 7.05 Å². The van der Waals surface area contributed by atoms with Crippen molar-refractivity contribution in [2.45, 2.75) is 6.61 Å². The van der Waals surface area contributed by atoms with Crippen molar-refractivity contribution in [2.24, 2.45) is 0 Å². The molecule has 0 aliphatic carbocycles. The van der Waals surface area contributed by atoms with Gasteiger partial charge in [0.15, 0.2) is 13.2 Å². The number of rotatable bonds is 11. The summed E-state index contributed by atoms with van der Waals surface area (Å²) in [7, 11) is 1.43. The first-order valence-electron chi connectivity index (χ1n) is 10.7. The van der Waals surface area contributed by atoms with Gasteiger partial charge in [-0.05, 0) is 42.0 Å².